The van der Waals surface area contributed by atoms with Gasteiger partial charge >= 0.3 is 0 Å². The Morgan fingerprint density at radius 1 is 1.62 bits per heavy atom. The third kappa shape index (κ3) is 3.29. The van der Waals surface area contributed by atoms with E-state index in [2.05, 4.69) is 5.10 Å². The highest BCUT2D eigenvalue weighted by Crippen LogP contribution is 2.01. The van der Waals surface area contributed by atoms with E-state index in [1.807, 2.05) is 4.83 Å². The predicted molar refractivity (Wildman–Crippen MR) is 48.9 cm³/mol. The number of hydrogen-bond donors (Lipinski definition) is 1. The van der Waals surface area contributed by atoms with Crippen molar-refractivity contribution < 1.29 is 12.8 Å². The maximum absolute atomic E-state index is 10.7. The van der Waals surface area contributed by atoms with Gasteiger partial charge in [-0.1, -0.05) is 0 Å². The monoisotopic (exact) mass is 202 g/mol. The quantitative estimate of drug-likeness (QED) is 0.574. The van der Waals surface area contributed by atoms with Gasteiger partial charge in [0.1, 0.15) is 0 Å². The molecule has 72 valence electrons. The van der Waals surface area contributed by atoms with E-state index in [1.165, 1.54) is 12.5 Å². The molecule has 0 radical (unpaired) electrons. The maximum atomic E-state index is 10.7. The molecule has 0 unspecified atom stereocenters. The van der Waals surface area contributed by atoms with Crippen LogP contribution in [-0.4, -0.2) is 20.4 Å². The first kappa shape index (κ1) is 9.79. The summed E-state index contributed by atoms with van der Waals surface area (Å²) in [7, 11) is -3.28. The molecule has 0 bridgehead atoms. The second kappa shape index (κ2) is 3.61. The zero-order valence-electron chi connectivity index (χ0n) is 7.31. The van der Waals surface area contributed by atoms with Crippen LogP contribution in [-0.2, 0) is 10.0 Å². The highest BCUT2D eigenvalue weighted by molar-refractivity contribution is 7.88. The van der Waals surface area contributed by atoms with Crippen LogP contribution in [0.2, 0.25) is 0 Å². The van der Waals surface area contributed by atoms with Crippen LogP contribution in [0.1, 0.15) is 12.5 Å². The molecule has 0 aromatic carbocycles. The molecule has 1 aromatic heterocycles. The number of nitrogens with zero attached hydrogens (tertiary/aromatic N) is 1. The Hall–Kier alpha value is -1.30. The minimum absolute atomic E-state index is 0.555. The lowest BCUT2D eigenvalue weighted by Gasteiger charge is -1.97. The van der Waals surface area contributed by atoms with Crippen LogP contribution in [0.25, 0.3) is 0 Å². The van der Waals surface area contributed by atoms with Gasteiger partial charge in [-0.2, -0.15) is 5.10 Å². The smallest absolute Gasteiger partial charge is 0.244 e. The summed E-state index contributed by atoms with van der Waals surface area (Å²) in [6.45, 7) is 1.68. The molecular formula is C7H10N2O3S. The van der Waals surface area contributed by atoms with Crippen molar-refractivity contribution in [2.75, 3.05) is 6.26 Å². The number of rotatable bonds is 3. The summed E-state index contributed by atoms with van der Waals surface area (Å²) in [5, 5.41) is 3.66. The zero-order chi connectivity index (χ0) is 9.90. The fraction of sp³-hybridized carbons (Fsp3) is 0.286. The number of sulfonamides is 1. The molecule has 0 saturated carbocycles. The molecule has 0 spiro atoms. The summed E-state index contributed by atoms with van der Waals surface area (Å²) in [6.07, 6.45) is 4.02. The van der Waals surface area contributed by atoms with E-state index in [4.69, 9.17) is 4.42 Å². The molecule has 0 aliphatic rings. The van der Waals surface area contributed by atoms with Gasteiger partial charge in [0, 0.05) is 5.56 Å². The lowest BCUT2D eigenvalue weighted by molar-refractivity contribution is 0.566. The molecule has 0 aliphatic heterocycles. The summed E-state index contributed by atoms with van der Waals surface area (Å²) < 4.78 is 26.1. The van der Waals surface area contributed by atoms with Crippen LogP contribution in [0.5, 0.6) is 0 Å². The Morgan fingerprint density at radius 3 is 2.77 bits per heavy atom. The average molecular weight is 202 g/mol. The molecule has 1 aromatic rings. The number of hydrazone groups is 1. The minimum atomic E-state index is -3.28. The normalized spacial score (nSPS) is 12.9. The topological polar surface area (TPSA) is 71.7 Å². The Balaban J connectivity index is 2.74. The lowest BCUT2D eigenvalue weighted by Crippen LogP contribution is -2.17. The van der Waals surface area contributed by atoms with E-state index >= 15 is 0 Å². The highest BCUT2D eigenvalue weighted by atomic mass is 32.2. The SMILES string of the molecule is C/C(=N/NS(C)(=O)=O)c1ccoc1. The largest absolute Gasteiger partial charge is 0.472 e. The van der Waals surface area contributed by atoms with Crippen molar-refractivity contribution in [1.82, 2.24) is 4.83 Å². The predicted octanol–water partition coefficient (Wildman–Crippen LogP) is 0.553. The highest BCUT2D eigenvalue weighted by Gasteiger charge is 2.00. The van der Waals surface area contributed by atoms with Crippen LogP contribution in [0, 0.1) is 0 Å². The second-order valence-electron chi connectivity index (χ2n) is 2.57. The molecule has 0 fully saturated rings. The van der Waals surface area contributed by atoms with Gasteiger partial charge in [-0.15, -0.1) is 0 Å². The molecular weight excluding hydrogens is 192 g/mol. The van der Waals surface area contributed by atoms with Crippen LogP contribution in [0.4, 0.5) is 0 Å². The fourth-order valence-electron chi connectivity index (χ4n) is 0.686. The first-order valence-electron chi connectivity index (χ1n) is 3.53. The van der Waals surface area contributed by atoms with E-state index in [1.54, 1.807) is 13.0 Å². The standard InChI is InChI=1S/C7H10N2O3S/c1-6(7-3-4-12-5-7)8-9-13(2,10)11/h3-5,9H,1-2H3/b8-6-. The third-order valence-corrected chi connectivity index (χ3v) is 1.74. The first-order valence-corrected chi connectivity index (χ1v) is 5.42. The van der Waals surface area contributed by atoms with Crippen molar-refractivity contribution in [2.24, 2.45) is 5.10 Å². The van der Waals surface area contributed by atoms with E-state index in [0.717, 1.165) is 11.8 Å². The van der Waals surface area contributed by atoms with E-state index in [0.29, 0.717) is 5.71 Å². The van der Waals surface area contributed by atoms with Gasteiger partial charge in [0.15, 0.2) is 0 Å². The lowest BCUT2D eigenvalue weighted by atomic mass is 10.2. The van der Waals surface area contributed by atoms with Crippen LogP contribution >= 0.6 is 0 Å². The molecule has 13 heavy (non-hydrogen) atoms. The number of hydrogen-bond acceptors (Lipinski definition) is 4. The van der Waals surface area contributed by atoms with E-state index < -0.39 is 10.0 Å². The van der Waals surface area contributed by atoms with E-state index in [-0.39, 0.29) is 0 Å². The second-order valence-corrected chi connectivity index (χ2v) is 4.30. The Kier molecular flexibility index (Phi) is 2.72. The van der Waals surface area contributed by atoms with Crippen LogP contribution in [0.3, 0.4) is 0 Å². The minimum Gasteiger partial charge on any atom is -0.472 e. The van der Waals surface area contributed by atoms with Gasteiger partial charge < -0.3 is 4.42 Å². The fourth-order valence-corrected chi connectivity index (χ4v) is 0.989. The molecule has 0 saturated heterocycles. The first-order chi connectivity index (χ1) is 5.99. The molecule has 0 atom stereocenters. The molecule has 1 heterocycles. The molecule has 6 heteroatoms. The molecule has 1 N–H and O–H groups in total. The van der Waals surface area contributed by atoms with Crippen molar-refractivity contribution in [2.45, 2.75) is 6.92 Å². The van der Waals surface area contributed by atoms with Crippen LogP contribution < -0.4 is 4.83 Å². The Bertz CT molecular complexity index is 391. The Labute approximate surface area is 76.5 Å². The number of furan rings is 1. The summed E-state index contributed by atoms with van der Waals surface area (Å²) in [6, 6.07) is 1.70. The molecule has 0 amide bonds. The molecule has 1 rings (SSSR count). The number of nitrogens with one attached hydrogen (secondary N) is 1. The van der Waals surface area contributed by atoms with Gasteiger partial charge in [0.2, 0.25) is 10.0 Å². The van der Waals surface area contributed by atoms with Crippen molar-refractivity contribution in [3.05, 3.63) is 24.2 Å². The van der Waals surface area contributed by atoms with Crippen LogP contribution in [0.15, 0.2) is 28.1 Å². The van der Waals surface area contributed by atoms with Crippen molar-refractivity contribution in [3.8, 4) is 0 Å². The van der Waals surface area contributed by atoms with Crippen molar-refractivity contribution >= 4 is 15.7 Å². The zero-order valence-corrected chi connectivity index (χ0v) is 8.13. The summed E-state index contributed by atoms with van der Waals surface area (Å²) >= 11 is 0. The van der Waals surface area contributed by atoms with Gasteiger partial charge in [-0.25, -0.2) is 13.2 Å². The summed E-state index contributed by atoms with van der Waals surface area (Å²) in [5.74, 6) is 0. The van der Waals surface area contributed by atoms with Gasteiger partial charge in [0.25, 0.3) is 0 Å². The third-order valence-electron chi connectivity index (χ3n) is 1.32. The van der Waals surface area contributed by atoms with Gasteiger partial charge in [-0.05, 0) is 13.0 Å². The Morgan fingerprint density at radius 2 is 2.31 bits per heavy atom. The molecule has 5 nitrogen and oxygen atoms in total. The summed E-state index contributed by atoms with van der Waals surface area (Å²) in [4.78, 5) is 2.03. The maximum Gasteiger partial charge on any atom is 0.244 e. The summed E-state index contributed by atoms with van der Waals surface area (Å²) in [5.41, 5.74) is 1.30. The average Bonchev–Trinajstić information content (AvgIpc) is 2.50. The van der Waals surface area contributed by atoms with Crippen molar-refractivity contribution in [1.29, 1.82) is 0 Å². The van der Waals surface area contributed by atoms with Crippen molar-refractivity contribution in [3.63, 3.8) is 0 Å². The van der Waals surface area contributed by atoms with Gasteiger partial charge in [-0.3, -0.25) is 0 Å². The van der Waals surface area contributed by atoms with E-state index in [9.17, 15) is 8.42 Å². The van der Waals surface area contributed by atoms with Gasteiger partial charge in [0.05, 0.1) is 24.5 Å². The molecule has 0 aliphatic carbocycles.